The number of allylic oxidation sites excluding steroid dienone is 1. The van der Waals surface area contributed by atoms with Gasteiger partial charge in [-0.1, -0.05) is 31.2 Å². The molecular weight excluding hydrogens is 630 g/mol. The molecule has 1 saturated heterocycles. The van der Waals surface area contributed by atoms with Crippen LogP contribution in [0.25, 0.3) is 0 Å². The third-order valence-electron chi connectivity index (χ3n) is 7.22. The number of aliphatic imine (C=N–C) groups is 2. The lowest BCUT2D eigenvalue weighted by Gasteiger charge is -2.37. The first-order valence-electron chi connectivity index (χ1n) is 14.2. The van der Waals surface area contributed by atoms with E-state index >= 15 is 0 Å². The van der Waals surface area contributed by atoms with E-state index in [2.05, 4.69) is 54.4 Å². The monoisotopic (exact) mass is 661 g/mol. The van der Waals surface area contributed by atoms with Crippen molar-refractivity contribution in [2.24, 2.45) is 9.98 Å². The minimum Gasteiger partial charge on any atom is -0.507 e. The molecule has 11 nitrogen and oxygen atoms in total. The summed E-state index contributed by atoms with van der Waals surface area (Å²) in [6.45, 7) is 3.03. The number of fused-ring (bicyclic) bond motifs is 1. The second-order valence-corrected chi connectivity index (χ2v) is 11.0. The van der Waals surface area contributed by atoms with Crippen molar-refractivity contribution < 1.29 is 29.3 Å². The number of carbonyl (C=O) groups excluding carboxylic acids is 3. The van der Waals surface area contributed by atoms with Gasteiger partial charge < -0.3 is 30.1 Å². The van der Waals surface area contributed by atoms with Crippen LogP contribution >= 0.6 is 15.9 Å². The number of aromatic hydroxyl groups is 1. The Morgan fingerprint density at radius 2 is 1.95 bits per heavy atom. The van der Waals surface area contributed by atoms with Crippen LogP contribution in [0.5, 0.6) is 5.75 Å². The molecule has 0 aliphatic carbocycles. The smallest absolute Gasteiger partial charge is 0.410 e. The van der Waals surface area contributed by atoms with Gasteiger partial charge >= 0.3 is 12.1 Å². The average Bonchev–Trinajstić information content (AvgIpc) is 3.19. The van der Waals surface area contributed by atoms with Gasteiger partial charge in [0.25, 0.3) is 5.91 Å². The molecule has 1 atom stereocenters. The van der Waals surface area contributed by atoms with E-state index in [0.29, 0.717) is 48.9 Å². The summed E-state index contributed by atoms with van der Waals surface area (Å²) in [5.74, 6) is 3.95. The highest BCUT2D eigenvalue weighted by atomic mass is 79.9. The highest BCUT2D eigenvalue weighted by molar-refractivity contribution is 9.10. The molecule has 0 unspecified atom stereocenters. The van der Waals surface area contributed by atoms with Crippen LogP contribution in [0.15, 0.2) is 80.3 Å². The molecule has 2 aromatic carbocycles. The number of halogens is 1. The molecule has 0 aromatic heterocycles. The number of urea groups is 1. The summed E-state index contributed by atoms with van der Waals surface area (Å²) in [6, 6.07) is 12.3. The van der Waals surface area contributed by atoms with Gasteiger partial charge in [0.05, 0.1) is 10.7 Å². The van der Waals surface area contributed by atoms with Crippen molar-refractivity contribution in [1.29, 1.82) is 0 Å². The van der Waals surface area contributed by atoms with Crippen molar-refractivity contribution in [1.82, 2.24) is 9.80 Å². The highest BCUT2D eigenvalue weighted by Gasteiger charge is 2.33. The van der Waals surface area contributed by atoms with Gasteiger partial charge in [0.2, 0.25) is 0 Å². The molecule has 0 saturated carbocycles. The summed E-state index contributed by atoms with van der Waals surface area (Å²) in [5.41, 5.74) is 7.41. The van der Waals surface area contributed by atoms with Gasteiger partial charge in [-0.15, -0.1) is 0 Å². The summed E-state index contributed by atoms with van der Waals surface area (Å²) in [4.78, 5) is 49.8. The molecule has 3 N–H and O–H groups in total. The van der Waals surface area contributed by atoms with Crippen LogP contribution in [-0.2, 0) is 22.4 Å². The molecule has 4 rings (SSSR count). The Morgan fingerprint density at radius 3 is 2.70 bits per heavy atom. The van der Waals surface area contributed by atoms with Crippen molar-refractivity contribution in [3.05, 3.63) is 81.5 Å². The number of hydrogen-bond donors (Lipinski definition) is 3. The number of rotatable bonds is 7. The Balaban J connectivity index is 1.41. The van der Waals surface area contributed by atoms with E-state index < -0.39 is 18.1 Å². The van der Waals surface area contributed by atoms with Gasteiger partial charge in [-0.05, 0) is 76.0 Å². The number of ether oxygens (including phenoxy) is 1. The minimum atomic E-state index is -1.27. The standard InChI is InChI=1S/C32H32BrN5O6/c1-2-25(39)10-16-34-14-5-15-35-30(41)29(21-22-8-9-28(40)26(33)20-22)44-32(43)37-17-12-24(13-18-37)38-19-11-23-6-3-4-7-27(23)36-31(38)42/h3-4,6-9,14,20,24,29,39-40H,2,11-13,17-19,21H2,1H3,(H,36,42)/t29-/m1/s1. The van der Waals surface area contributed by atoms with Crippen LogP contribution in [0, 0.1) is 0 Å². The lowest BCUT2D eigenvalue weighted by molar-refractivity contribution is -0.126. The fraction of sp³-hybridized carbons (Fsp3) is 0.344. The summed E-state index contributed by atoms with van der Waals surface area (Å²) >= 11 is 3.26. The molecule has 0 radical (unpaired) electrons. The second kappa shape index (κ2) is 15.6. The van der Waals surface area contributed by atoms with E-state index in [1.165, 1.54) is 11.0 Å². The summed E-state index contributed by atoms with van der Waals surface area (Å²) in [7, 11) is 0. The van der Waals surface area contributed by atoms with Gasteiger partial charge in [0, 0.05) is 55.9 Å². The zero-order valence-corrected chi connectivity index (χ0v) is 25.7. The molecule has 12 heteroatoms. The second-order valence-electron chi connectivity index (χ2n) is 10.1. The summed E-state index contributed by atoms with van der Waals surface area (Å²) in [6.07, 6.45) is 1.46. The zero-order chi connectivity index (χ0) is 31.5. The number of phenols is 1. The highest BCUT2D eigenvalue weighted by Crippen LogP contribution is 2.27. The van der Waals surface area contributed by atoms with Gasteiger partial charge in [-0.3, -0.25) is 4.79 Å². The van der Waals surface area contributed by atoms with Gasteiger partial charge in [-0.2, -0.15) is 9.98 Å². The third-order valence-corrected chi connectivity index (χ3v) is 7.85. The van der Waals surface area contributed by atoms with Crippen molar-refractivity contribution >= 4 is 51.4 Å². The molecule has 0 spiro atoms. The first kappa shape index (κ1) is 32.1. The summed E-state index contributed by atoms with van der Waals surface area (Å²) < 4.78 is 6.07. The molecule has 44 heavy (non-hydrogen) atoms. The number of nitrogens with one attached hydrogen (secondary N) is 1. The predicted octanol–water partition coefficient (Wildman–Crippen LogP) is 5.30. The van der Waals surface area contributed by atoms with Crippen molar-refractivity contribution in [3.8, 4) is 5.75 Å². The minimum absolute atomic E-state index is 0.00526. The van der Waals surface area contributed by atoms with Crippen LogP contribution in [0.3, 0.4) is 0 Å². The lowest BCUT2D eigenvalue weighted by atomic mass is 10.0. The topological polar surface area (TPSA) is 144 Å². The molecule has 1 fully saturated rings. The van der Waals surface area contributed by atoms with E-state index in [4.69, 9.17) is 4.74 Å². The number of para-hydroxylation sites is 1. The maximum Gasteiger partial charge on any atom is 0.410 e. The maximum atomic E-state index is 13.2. The molecule has 2 heterocycles. The van der Waals surface area contributed by atoms with E-state index in [0.717, 1.165) is 23.9 Å². The number of anilines is 1. The molecule has 228 valence electrons. The third kappa shape index (κ3) is 8.85. The Kier molecular flexibility index (Phi) is 11.4. The van der Waals surface area contributed by atoms with Crippen LogP contribution in [0.2, 0.25) is 0 Å². The number of likely N-dealkylation sites (tertiary alicyclic amines) is 1. The van der Waals surface area contributed by atoms with E-state index in [-0.39, 0.29) is 30.0 Å². The molecule has 0 bridgehead atoms. The molecule has 2 aliphatic rings. The van der Waals surface area contributed by atoms with E-state index in [1.54, 1.807) is 19.1 Å². The van der Waals surface area contributed by atoms with Gasteiger partial charge in [0.15, 0.2) is 6.10 Å². The molecular formula is C32H32BrN5O6. The Hall–Kier alpha value is -4.81. The number of carbonyl (C=O) groups is 3. The summed E-state index contributed by atoms with van der Waals surface area (Å²) in [5, 5.41) is 22.2. The fourth-order valence-electron chi connectivity index (χ4n) is 4.80. The number of benzene rings is 2. The normalized spacial score (nSPS) is 15.1. The Labute approximate surface area is 263 Å². The maximum absolute atomic E-state index is 13.2. The number of aliphatic hydroxyl groups is 1. The SMILES string of the molecule is CCC(O)=C=C=NC=C=C=NC(=O)[C@@H](Cc1ccc(O)c(Br)c1)OC(=O)N1CCC(N2CCc3ccccc3NC2=O)CC1. The van der Waals surface area contributed by atoms with Crippen LogP contribution in [0.4, 0.5) is 15.3 Å². The fourth-order valence-corrected chi connectivity index (χ4v) is 5.23. The van der Waals surface area contributed by atoms with E-state index in [9.17, 15) is 24.6 Å². The molecule has 4 amide bonds. The number of hydrogen-bond acceptors (Lipinski definition) is 7. The van der Waals surface area contributed by atoms with Crippen molar-refractivity contribution in [3.63, 3.8) is 0 Å². The Morgan fingerprint density at radius 1 is 1.18 bits per heavy atom. The van der Waals surface area contributed by atoms with Crippen molar-refractivity contribution in [2.75, 3.05) is 25.0 Å². The first-order valence-corrected chi connectivity index (χ1v) is 14.9. The van der Waals surface area contributed by atoms with Crippen LogP contribution < -0.4 is 5.32 Å². The first-order chi connectivity index (χ1) is 21.2. The number of piperidine rings is 1. The number of nitrogens with zero attached hydrogens (tertiary/aromatic N) is 4. The van der Waals surface area contributed by atoms with Gasteiger partial charge in [0.1, 0.15) is 11.5 Å². The largest absolute Gasteiger partial charge is 0.507 e. The number of phenolic OH excluding ortho intramolecular Hbond substituents is 1. The Bertz CT molecular complexity index is 1610. The quantitative estimate of drug-likeness (QED) is 0.209. The zero-order valence-electron chi connectivity index (χ0n) is 24.1. The molecule has 2 aromatic rings. The van der Waals surface area contributed by atoms with Crippen LogP contribution in [-0.4, -0.2) is 81.6 Å². The number of aliphatic hydroxyl groups excluding tert-OH is 1. The van der Waals surface area contributed by atoms with Crippen molar-refractivity contribution in [2.45, 2.75) is 51.2 Å². The molecule has 2 aliphatic heterocycles. The van der Waals surface area contributed by atoms with Gasteiger partial charge in [-0.25, -0.2) is 9.59 Å². The van der Waals surface area contributed by atoms with Crippen LogP contribution in [0.1, 0.15) is 37.3 Å². The average molecular weight is 663 g/mol. The predicted molar refractivity (Wildman–Crippen MR) is 168 cm³/mol. The van der Waals surface area contributed by atoms with E-state index in [1.807, 2.05) is 29.2 Å². The lowest BCUT2D eigenvalue weighted by Crippen LogP contribution is -2.50. The number of amides is 4.